The van der Waals surface area contributed by atoms with Crippen molar-refractivity contribution in [1.29, 1.82) is 0 Å². The van der Waals surface area contributed by atoms with Crippen LogP contribution in [0.1, 0.15) is 32.6 Å². The number of hydrogen-bond acceptors (Lipinski definition) is 3. The molecule has 1 atom stereocenters. The molecule has 1 amide bonds. The maximum absolute atomic E-state index is 11.9. The van der Waals surface area contributed by atoms with Gasteiger partial charge in [-0.3, -0.25) is 15.2 Å². The van der Waals surface area contributed by atoms with Crippen molar-refractivity contribution in [2.45, 2.75) is 32.6 Å². The average molecular weight is 233 g/mol. The zero-order valence-electron chi connectivity index (χ0n) is 10.2. The molecule has 1 N–H and O–H groups in total. The highest BCUT2D eigenvalue weighted by Crippen LogP contribution is 2.20. The number of carbonyl (C=O) groups is 1. The predicted octanol–water partition coefficient (Wildman–Crippen LogP) is 2.13. The van der Waals surface area contributed by atoms with E-state index >= 15 is 0 Å². The van der Waals surface area contributed by atoms with E-state index in [1.165, 1.54) is 0 Å². The summed E-state index contributed by atoms with van der Waals surface area (Å²) in [6.45, 7) is 3.00. The summed E-state index contributed by atoms with van der Waals surface area (Å²) in [6, 6.07) is 5.71. The second kappa shape index (κ2) is 5.66. The van der Waals surface area contributed by atoms with Gasteiger partial charge < -0.3 is 0 Å². The number of nitrogens with zero attached hydrogens (tertiary/aromatic N) is 2. The molecule has 2 heterocycles. The Hall–Kier alpha value is -1.58. The van der Waals surface area contributed by atoms with Crippen LogP contribution < -0.4 is 10.4 Å². The smallest absolute Gasteiger partial charge is 0.241 e. The Morgan fingerprint density at radius 3 is 3.06 bits per heavy atom. The SMILES string of the molecule is CCCCC1CCN(c2ccccn2)NC1=O. The van der Waals surface area contributed by atoms with Gasteiger partial charge in [0, 0.05) is 18.7 Å². The molecule has 1 unspecified atom stereocenters. The van der Waals surface area contributed by atoms with Gasteiger partial charge in [0.05, 0.1) is 0 Å². The van der Waals surface area contributed by atoms with Gasteiger partial charge in [-0.1, -0.05) is 25.8 Å². The zero-order valence-corrected chi connectivity index (χ0v) is 10.2. The monoisotopic (exact) mass is 233 g/mol. The van der Waals surface area contributed by atoms with Crippen LogP contribution in [0.3, 0.4) is 0 Å². The van der Waals surface area contributed by atoms with Crippen LogP contribution in [0, 0.1) is 5.92 Å². The molecule has 2 rings (SSSR count). The summed E-state index contributed by atoms with van der Waals surface area (Å²) in [5, 5.41) is 1.84. The second-order valence-electron chi connectivity index (χ2n) is 4.44. The number of amides is 1. The van der Waals surface area contributed by atoms with Crippen molar-refractivity contribution in [2.75, 3.05) is 11.6 Å². The van der Waals surface area contributed by atoms with Crippen LogP contribution in [0.25, 0.3) is 0 Å². The van der Waals surface area contributed by atoms with E-state index in [9.17, 15) is 4.79 Å². The van der Waals surface area contributed by atoms with Gasteiger partial charge in [0.2, 0.25) is 5.91 Å². The number of aromatic nitrogens is 1. The van der Waals surface area contributed by atoms with Crippen LogP contribution in [-0.4, -0.2) is 17.4 Å². The van der Waals surface area contributed by atoms with Crippen molar-refractivity contribution in [2.24, 2.45) is 5.92 Å². The predicted molar refractivity (Wildman–Crippen MR) is 67.4 cm³/mol. The Balaban J connectivity index is 1.93. The first-order chi connectivity index (χ1) is 8.31. The molecule has 1 fully saturated rings. The fourth-order valence-corrected chi connectivity index (χ4v) is 2.11. The molecule has 0 bridgehead atoms. The minimum atomic E-state index is 0.135. The van der Waals surface area contributed by atoms with Gasteiger partial charge in [-0.25, -0.2) is 4.98 Å². The molecule has 4 nitrogen and oxygen atoms in total. The van der Waals surface area contributed by atoms with Crippen LogP contribution in [-0.2, 0) is 4.79 Å². The topological polar surface area (TPSA) is 45.2 Å². The number of carbonyl (C=O) groups excluding carboxylic acids is 1. The highest BCUT2D eigenvalue weighted by molar-refractivity contribution is 5.81. The van der Waals surface area contributed by atoms with Crippen molar-refractivity contribution in [3.05, 3.63) is 24.4 Å². The van der Waals surface area contributed by atoms with E-state index in [-0.39, 0.29) is 11.8 Å². The van der Waals surface area contributed by atoms with Gasteiger partial charge in [-0.15, -0.1) is 0 Å². The van der Waals surface area contributed by atoms with Crippen LogP contribution in [0.4, 0.5) is 5.82 Å². The minimum Gasteiger partial charge on any atom is -0.273 e. The number of pyridine rings is 1. The third-order valence-corrected chi connectivity index (χ3v) is 3.15. The summed E-state index contributed by atoms with van der Waals surface area (Å²) < 4.78 is 0. The standard InChI is InChI=1S/C13H19N3O/c1-2-3-6-11-8-10-16(15-13(11)17)12-7-4-5-9-14-12/h4-5,7,9,11H,2-3,6,8,10H2,1H3,(H,15,17). The van der Waals surface area contributed by atoms with E-state index in [1.54, 1.807) is 6.20 Å². The lowest BCUT2D eigenvalue weighted by Gasteiger charge is -2.32. The number of rotatable bonds is 4. The van der Waals surface area contributed by atoms with Gasteiger partial charge in [0.1, 0.15) is 5.82 Å². The van der Waals surface area contributed by atoms with Crippen LogP contribution in [0.15, 0.2) is 24.4 Å². The molecule has 1 aliphatic rings. The van der Waals surface area contributed by atoms with Crippen molar-refractivity contribution < 1.29 is 4.79 Å². The lowest BCUT2D eigenvalue weighted by molar-refractivity contribution is -0.126. The lowest BCUT2D eigenvalue weighted by Crippen LogP contribution is -2.51. The first-order valence-corrected chi connectivity index (χ1v) is 6.30. The molecule has 0 spiro atoms. The Bertz CT molecular complexity index is 366. The molecule has 0 radical (unpaired) electrons. The van der Waals surface area contributed by atoms with E-state index in [4.69, 9.17) is 0 Å². The summed E-state index contributed by atoms with van der Waals surface area (Å²) in [4.78, 5) is 16.1. The van der Waals surface area contributed by atoms with Crippen LogP contribution in [0.2, 0.25) is 0 Å². The van der Waals surface area contributed by atoms with Crippen molar-refractivity contribution in [3.63, 3.8) is 0 Å². The fraction of sp³-hybridized carbons (Fsp3) is 0.538. The fourth-order valence-electron chi connectivity index (χ4n) is 2.11. The molecule has 1 saturated heterocycles. The summed E-state index contributed by atoms with van der Waals surface area (Å²) in [7, 11) is 0. The van der Waals surface area contributed by atoms with E-state index in [2.05, 4.69) is 17.3 Å². The average Bonchev–Trinajstić information content (AvgIpc) is 2.38. The number of hydrazine groups is 1. The van der Waals surface area contributed by atoms with Gasteiger partial charge in [-0.2, -0.15) is 0 Å². The second-order valence-corrected chi connectivity index (χ2v) is 4.44. The molecule has 0 aromatic carbocycles. The van der Waals surface area contributed by atoms with Gasteiger partial charge >= 0.3 is 0 Å². The maximum atomic E-state index is 11.9. The quantitative estimate of drug-likeness (QED) is 0.866. The summed E-state index contributed by atoms with van der Waals surface area (Å²) in [5.74, 6) is 1.13. The zero-order chi connectivity index (χ0) is 12.1. The van der Waals surface area contributed by atoms with E-state index < -0.39 is 0 Å². The number of anilines is 1. The number of nitrogens with one attached hydrogen (secondary N) is 1. The Morgan fingerprint density at radius 1 is 1.53 bits per heavy atom. The molecule has 1 aromatic heterocycles. The molecular weight excluding hydrogens is 214 g/mol. The Kier molecular flexibility index (Phi) is 3.96. The number of unbranched alkanes of at least 4 members (excludes halogenated alkanes) is 1. The molecule has 92 valence electrons. The first kappa shape index (κ1) is 11.9. The highest BCUT2D eigenvalue weighted by atomic mass is 16.2. The molecular formula is C13H19N3O. The van der Waals surface area contributed by atoms with Gasteiger partial charge in [0.15, 0.2) is 0 Å². The van der Waals surface area contributed by atoms with Crippen molar-refractivity contribution in [3.8, 4) is 0 Å². The molecule has 17 heavy (non-hydrogen) atoms. The Labute approximate surface area is 102 Å². The molecule has 4 heteroatoms. The third kappa shape index (κ3) is 2.96. The normalized spacial score (nSPS) is 20.2. The summed E-state index contributed by atoms with van der Waals surface area (Å²) in [6.07, 6.45) is 5.93. The first-order valence-electron chi connectivity index (χ1n) is 6.30. The van der Waals surface area contributed by atoms with Crippen LogP contribution >= 0.6 is 0 Å². The van der Waals surface area contributed by atoms with Gasteiger partial charge in [0.25, 0.3) is 0 Å². The molecule has 0 aliphatic carbocycles. The molecule has 1 aromatic rings. The van der Waals surface area contributed by atoms with Crippen LogP contribution in [0.5, 0.6) is 0 Å². The summed E-state index contributed by atoms with van der Waals surface area (Å²) >= 11 is 0. The Morgan fingerprint density at radius 2 is 2.41 bits per heavy atom. The van der Waals surface area contributed by atoms with Crippen molar-refractivity contribution in [1.82, 2.24) is 10.4 Å². The largest absolute Gasteiger partial charge is 0.273 e. The molecule has 0 saturated carbocycles. The highest BCUT2D eigenvalue weighted by Gasteiger charge is 2.26. The van der Waals surface area contributed by atoms with Crippen molar-refractivity contribution >= 4 is 11.7 Å². The van der Waals surface area contributed by atoms with E-state index in [0.717, 1.165) is 38.0 Å². The maximum Gasteiger partial charge on any atom is 0.241 e. The van der Waals surface area contributed by atoms with E-state index in [0.29, 0.717) is 0 Å². The lowest BCUT2D eigenvalue weighted by atomic mass is 9.96. The molecule has 1 aliphatic heterocycles. The number of hydrogen-bond donors (Lipinski definition) is 1. The third-order valence-electron chi connectivity index (χ3n) is 3.15. The summed E-state index contributed by atoms with van der Waals surface area (Å²) in [5.41, 5.74) is 2.92. The minimum absolute atomic E-state index is 0.135. The van der Waals surface area contributed by atoms with E-state index in [1.807, 2.05) is 23.2 Å². The van der Waals surface area contributed by atoms with Gasteiger partial charge in [-0.05, 0) is 25.0 Å².